The molecule has 0 saturated carbocycles. The fourth-order valence-corrected chi connectivity index (χ4v) is 4.43. The van der Waals surface area contributed by atoms with Gasteiger partial charge in [0, 0.05) is 22.7 Å². The van der Waals surface area contributed by atoms with Gasteiger partial charge in [-0.25, -0.2) is 0 Å². The fourth-order valence-electron chi connectivity index (χ4n) is 2.75. The lowest BCUT2D eigenvalue weighted by molar-refractivity contribution is 0.0954. The summed E-state index contributed by atoms with van der Waals surface area (Å²) in [6, 6.07) is 11.8. The third kappa shape index (κ3) is 3.99. The van der Waals surface area contributed by atoms with E-state index in [1.54, 1.807) is 23.1 Å². The molecule has 0 bridgehead atoms. The number of carbonyl (C=O) groups excluding carboxylic acids is 1. The monoisotopic (exact) mass is 359 g/mol. The smallest absolute Gasteiger partial charge is 0.251 e. The predicted octanol–water partition coefficient (Wildman–Crippen LogP) is 3.39. The van der Waals surface area contributed by atoms with E-state index in [0.717, 1.165) is 24.2 Å². The number of thiophene rings is 1. The first-order chi connectivity index (χ1) is 11.6. The maximum absolute atomic E-state index is 12.4. The molecule has 3 rings (SSSR count). The molecule has 0 aliphatic carbocycles. The summed E-state index contributed by atoms with van der Waals surface area (Å²) < 4.78 is 0. The molecule has 4 nitrogen and oxygen atoms in total. The topological polar surface area (TPSA) is 67.5 Å². The van der Waals surface area contributed by atoms with Gasteiger partial charge in [-0.15, -0.1) is 11.3 Å². The minimum absolute atomic E-state index is 0.0425. The van der Waals surface area contributed by atoms with Crippen molar-refractivity contribution < 1.29 is 4.79 Å². The molecular weight excluding hydrogens is 338 g/mol. The Balaban J connectivity index is 1.68. The van der Waals surface area contributed by atoms with Crippen LogP contribution in [0, 0.1) is 0 Å². The lowest BCUT2D eigenvalue weighted by atomic mass is 9.88. The van der Waals surface area contributed by atoms with Crippen LogP contribution < -0.4 is 11.1 Å². The van der Waals surface area contributed by atoms with Gasteiger partial charge in [-0.3, -0.25) is 9.79 Å². The van der Waals surface area contributed by atoms with Gasteiger partial charge in [0.15, 0.2) is 5.17 Å². The number of aliphatic imine (C=N–C) groups is 1. The van der Waals surface area contributed by atoms with Crippen LogP contribution in [0.2, 0.25) is 0 Å². The van der Waals surface area contributed by atoms with Crippen LogP contribution in [0.15, 0.2) is 46.8 Å². The molecule has 0 fully saturated rings. The molecule has 0 radical (unpaired) electrons. The quantitative estimate of drug-likeness (QED) is 0.860. The number of rotatable bonds is 5. The van der Waals surface area contributed by atoms with Crippen molar-refractivity contribution in [3.05, 3.63) is 57.8 Å². The third-order valence-electron chi connectivity index (χ3n) is 4.18. The molecule has 1 aromatic heterocycles. The highest BCUT2D eigenvalue weighted by atomic mass is 32.2. The van der Waals surface area contributed by atoms with Crippen LogP contribution in [0.4, 0.5) is 0 Å². The predicted molar refractivity (Wildman–Crippen MR) is 103 cm³/mol. The summed E-state index contributed by atoms with van der Waals surface area (Å²) in [5.41, 5.74) is 7.26. The maximum Gasteiger partial charge on any atom is 0.251 e. The number of benzene rings is 1. The summed E-state index contributed by atoms with van der Waals surface area (Å²) in [5, 5.41) is 5.66. The number of hydrogen-bond acceptors (Lipinski definition) is 5. The van der Waals surface area contributed by atoms with Crippen molar-refractivity contribution >= 4 is 34.2 Å². The summed E-state index contributed by atoms with van der Waals surface area (Å²) in [6.07, 6.45) is 1.78. The van der Waals surface area contributed by atoms with Crippen molar-refractivity contribution in [2.75, 3.05) is 12.3 Å². The van der Waals surface area contributed by atoms with Gasteiger partial charge in [-0.05, 0) is 48.9 Å². The van der Waals surface area contributed by atoms with Crippen molar-refractivity contribution in [1.82, 2.24) is 5.32 Å². The van der Waals surface area contributed by atoms with Crippen LogP contribution in [0.1, 0.15) is 34.1 Å². The second kappa shape index (κ2) is 7.40. The first-order valence-corrected chi connectivity index (χ1v) is 9.83. The normalized spacial score (nSPS) is 20.5. The molecule has 24 heavy (non-hydrogen) atoms. The maximum atomic E-state index is 12.4. The van der Waals surface area contributed by atoms with Crippen LogP contribution in [-0.4, -0.2) is 23.4 Å². The first kappa shape index (κ1) is 17.0. The van der Waals surface area contributed by atoms with E-state index in [9.17, 15) is 4.79 Å². The van der Waals surface area contributed by atoms with E-state index in [-0.39, 0.29) is 11.4 Å². The fraction of sp³-hybridized carbons (Fsp3) is 0.333. The number of nitrogens with one attached hydrogen (secondary N) is 1. The van der Waals surface area contributed by atoms with Crippen LogP contribution in [0.3, 0.4) is 0 Å². The van der Waals surface area contributed by atoms with Crippen molar-refractivity contribution in [2.45, 2.75) is 25.3 Å². The highest BCUT2D eigenvalue weighted by Gasteiger charge is 2.29. The molecule has 6 heteroatoms. The first-order valence-electron chi connectivity index (χ1n) is 7.96. The van der Waals surface area contributed by atoms with Gasteiger partial charge in [0.25, 0.3) is 5.91 Å². The van der Waals surface area contributed by atoms with Crippen LogP contribution in [0.25, 0.3) is 0 Å². The summed E-state index contributed by atoms with van der Waals surface area (Å²) in [5.74, 6) is 0.905. The highest BCUT2D eigenvalue weighted by Crippen LogP contribution is 2.35. The zero-order chi connectivity index (χ0) is 17.0. The van der Waals surface area contributed by atoms with E-state index >= 15 is 0 Å². The Morgan fingerprint density at radius 2 is 2.25 bits per heavy atom. The summed E-state index contributed by atoms with van der Waals surface area (Å²) >= 11 is 3.30. The van der Waals surface area contributed by atoms with Gasteiger partial charge in [0.2, 0.25) is 0 Å². The molecule has 0 saturated heterocycles. The van der Waals surface area contributed by atoms with Crippen LogP contribution in [-0.2, 0) is 12.0 Å². The van der Waals surface area contributed by atoms with E-state index in [4.69, 9.17) is 5.73 Å². The molecule has 1 aliphatic rings. The number of amidine groups is 1. The zero-order valence-electron chi connectivity index (χ0n) is 13.6. The third-order valence-corrected chi connectivity index (χ3v) is 5.91. The standard InChI is InChI=1S/C18H21N3OS2/c1-18(8-11-24-17(19)21-18)14-5-2-4-13(12-14)16(22)20-9-7-15-6-3-10-23-15/h2-6,10,12H,7-9,11H2,1H3,(H2,19,21)(H,20,22). The molecule has 3 N–H and O–H groups in total. The summed E-state index contributed by atoms with van der Waals surface area (Å²) in [4.78, 5) is 18.3. The second-order valence-electron chi connectivity index (χ2n) is 5.99. The Hall–Kier alpha value is -1.79. The number of nitrogens with zero attached hydrogens (tertiary/aromatic N) is 1. The Bertz CT molecular complexity index is 742. The van der Waals surface area contributed by atoms with Gasteiger partial charge in [0.1, 0.15) is 0 Å². The average molecular weight is 360 g/mol. The van der Waals surface area contributed by atoms with E-state index in [1.165, 1.54) is 4.88 Å². The second-order valence-corrected chi connectivity index (χ2v) is 8.14. The Labute approximate surface area is 150 Å². The van der Waals surface area contributed by atoms with Gasteiger partial charge in [0.05, 0.1) is 5.54 Å². The molecule has 1 amide bonds. The number of carbonyl (C=O) groups is 1. The van der Waals surface area contributed by atoms with E-state index in [2.05, 4.69) is 28.7 Å². The van der Waals surface area contributed by atoms with Crippen molar-refractivity contribution in [3.8, 4) is 0 Å². The van der Waals surface area contributed by atoms with Crippen molar-refractivity contribution in [2.24, 2.45) is 10.7 Å². The summed E-state index contributed by atoms with van der Waals surface area (Å²) in [7, 11) is 0. The molecule has 1 aliphatic heterocycles. The SMILES string of the molecule is CC1(c2cccc(C(=O)NCCc3cccs3)c2)CCSC(N)=N1. The van der Waals surface area contributed by atoms with Gasteiger partial charge in [-0.1, -0.05) is 30.0 Å². The molecule has 126 valence electrons. The van der Waals surface area contributed by atoms with Gasteiger partial charge in [-0.2, -0.15) is 0 Å². The lowest BCUT2D eigenvalue weighted by Crippen LogP contribution is -2.30. The van der Waals surface area contributed by atoms with Crippen molar-refractivity contribution in [1.29, 1.82) is 0 Å². The molecule has 2 heterocycles. The van der Waals surface area contributed by atoms with Crippen LogP contribution in [0.5, 0.6) is 0 Å². The molecule has 1 aromatic carbocycles. The van der Waals surface area contributed by atoms with Crippen LogP contribution >= 0.6 is 23.1 Å². The number of hydrogen-bond donors (Lipinski definition) is 2. The highest BCUT2D eigenvalue weighted by molar-refractivity contribution is 8.13. The Morgan fingerprint density at radius 1 is 1.38 bits per heavy atom. The Morgan fingerprint density at radius 3 is 3.00 bits per heavy atom. The largest absolute Gasteiger partial charge is 0.379 e. The molecule has 2 aromatic rings. The van der Waals surface area contributed by atoms with E-state index in [0.29, 0.717) is 17.3 Å². The molecule has 0 spiro atoms. The average Bonchev–Trinajstić information content (AvgIpc) is 3.08. The number of thioether (sulfide) groups is 1. The minimum Gasteiger partial charge on any atom is -0.379 e. The molecule has 1 atom stereocenters. The van der Waals surface area contributed by atoms with Gasteiger partial charge >= 0.3 is 0 Å². The Kier molecular flexibility index (Phi) is 5.26. The number of nitrogens with two attached hydrogens (primary N) is 1. The lowest BCUT2D eigenvalue weighted by Gasteiger charge is -2.30. The minimum atomic E-state index is -0.345. The summed E-state index contributed by atoms with van der Waals surface area (Å²) in [6.45, 7) is 2.72. The van der Waals surface area contributed by atoms with E-state index < -0.39 is 0 Å². The number of amides is 1. The van der Waals surface area contributed by atoms with E-state index in [1.807, 2.05) is 30.3 Å². The molecule has 1 unspecified atom stereocenters. The zero-order valence-corrected chi connectivity index (χ0v) is 15.3. The molecular formula is C18H21N3OS2. The van der Waals surface area contributed by atoms with Gasteiger partial charge < -0.3 is 11.1 Å². The van der Waals surface area contributed by atoms with Crippen molar-refractivity contribution in [3.63, 3.8) is 0 Å².